The monoisotopic (exact) mass is 716 g/mol. The molecular formula is C45H48O8. The summed E-state index contributed by atoms with van der Waals surface area (Å²) in [5, 5.41) is 11.0. The van der Waals surface area contributed by atoms with Crippen molar-refractivity contribution in [2.24, 2.45) is 0 Å². The molecule has 2 aliphatic heterocycles. The number of aliphatic hydroxyl groups excluding tert-OH is 1. The molecule has 0 bridgehead atoms. The summed E-state index contributed by atoms with van der Waals surface area (Å²) in [7, 11) is 1.63. The number of methoxy groups -OCH3 is 1. The van der Waals surface area contributed by atoms with Crippen molar-refractivity contribution in [1.82, 2.24) is 0 Å². The molecule has 5 aromatic rings. The van der Waals surface area contributed by atoms with Crippen molar-refractivity contribution in [3.05, 3.63) is 166 Å². The molecule has 0 amide bonds. The minimum atomic E-state index is -1.47. The van der Waals surface area contributed by atoms with Gasteiger partial charge in [0.1, 0.15) is 37.6 Å². The molecule has 0 spiro atoms. The third kappa shape index (κ3) is 8.49. The minimum absolute atomic E-state index is 0.275. The number of fused-ring (bicyclic) bond motifs is 1. The first-order chi connectivity index (χ1) is 26.1. The Kier molecular flexibility index (Phi) is 12.2. The van der Waals surface area contributed by atoms with Gasteiger partial charge in [-0.25, -0.2) is 0 Å². The summed E-state index contributed by atoms with van der Waals surface area (Å²) >= 11 is 0. The van der Waals surface area contributed by atoms with Crippen LogP contribution in [0.15, 0.2) is 127 Å². The summed E-state index contributed by atoms with van der Waals surface area (Å²) in [5.74, 6) is 0.0498. The Balaban J connectivity index is 1.29. The molecule has 5 aromatic carbocycles. The summed E-state index contributed by atoms with van der Waals surface area (Å²) in [6, 6.07) is 42.4. The van der Waals surface area contributed by atoms with Gasteiger partial charge < -0.3 is 38.3 Å². The molecule has 1 fully saturated rings. The van der Waals surface area contributed by atoms with Gasteiger partial charge >= 0.3 is 0 Å². The van der Waals surface area contributed by atoms with Crippen LogP contribution in [0.25, 0.3) is 0 Å². The minimum Gasteiger partial charge on any atom is -0.486 e. The normalized spacial score (nSPS) is 22.4. The first kappa shape index (κ1) is 36.8. The molecule has 0 radical (unpaired) electrons. The quantitative estimate of drug-likeness (QED) is 0.119. The van der Waals surface area contributed by atoms with E-state index in [9.17, 15) is 5.11 Å². The lowest BCUT2D eigenvalue weighted by atomic mass is 9.85. The summed E-state index contributed by atoms with van der Waals surface area (Å²) in [4.78, 5) is 0. The topological polar surface area (TPSA) is 84.8 Å². The van der Waals surface area contributed by atoms with Crippen molar-refractivity contribution in [3.8, 4) is 11.5 Å². The SMILES string of the molecule is CCc1ccc(C2(OC)O[C@H](CO)[C@@H](OCc3ccccc3)[C@H](OCc3ccccc3)[C@H]2OCc2ccccc2)cc1Cc1ccc2c(c1)OCCO2. The van der Waals surface area contributed by atoms with E-state index >= 15 is 0 Å². The van der Waals surface area contributed by atoms with Crippen LogP contribution in [0.2, 0.25) is 0 Å². The van der Waals surface area contributed by atoms with Crippen molar-refractivity contribution >= 4 is 0 Å². The number of ether oxygens (including phenoxy) is 7. The highest BCUT2D eigenvalue weighted by Gasteiger charge is 2.58. The molecule has 1 unspecified atom stereocenters. The van der Waals surface area contributed by atoms with Crippen LogP contribution in [-0.4, -0.2) is 56.5 Å². The van der Waals surface area contributed by atoms with Gasteiger partial charge in [-0.05, 0) is 64.4 Å². The van der Waals surface area contributed by atoms with Gasteiger partial charge in [0.2, 0.25) is 5.79 Å². The zero-order valence-electron chi connectivity index (χ0n) is 30.4. The average Bonchev–Trinajstić information content (AvgIpc) is 3.22. The summed E-state index contributed by atoms with van der Waals surface area (Å²) in [6.07, 6.45) is -1.52. The van der Waals surface area contributed by atoms with Crippen LogP contribution in [0.5, 0.6) is 11.5 Å². The summed E-state index contributed by atoms with van der Waals surface area (Å²) in [6.45, 7) is 3.78. The summed E-state index contributed by atoms with van der Waals surface area (Å²) in [5.41, 5.74) is 7.17. The highest BCUT2D eigenvalue weighted by Crippen LogP contribution is 2.44. The Morgan fingerprint density at radius 1 is 0.623 bits per heavy atom. The van der Waals surface area contributed by atoms with Crippen LogP contribution in [-0.2, 0) is 62.1 Å². The number of hydrogen-bond acceptors (Lipinski definition) is 8. The fourth-order valence-corrected chi connectivity index (χ4v) is 7.27. The van der Waals surface area contributed by atoms with Gasteiger partial charge in [-0.3, -0.25) is 0 Å². The molecule has 8 heteroatoms. The van der Waals surface area contributed by atoms with Crippen LogP contribution in [0.1, 0.15) is 45.9 Å². The van der Waals surface area contributed by atoms with E-state index in [-0.39, 0.29) is 13.2 Å². The maximum absolute atomic E-state index is 11.0. The van der Waals surface area contributed by atoms with Gasteiger partial charge in [-0.15, -0.1) is 0 Å². The number of aryl methyl sites for hydroxylation is 1. The number of benzene rings is 5. The molecule has 53 heavy (non-hydrogen) atoms. The predicted molar refractivity (Wildman–Crippen MR) is 202 cm³/mol. The van der Waals surface area contributed by atoms with E-state index in [0.717, 1.165) is 51.3 Å². The van der Waals surface area contributed by atoms with Crippen molar-refractivity contribution in [3.63, 3.8) is 0 Å². The van der Waals surface area contributed by atoms with E-state index < -0.39 is 30.2 Å². The molecule has 1 N–H and O–H groups in total. The van der Waals surface area contributed by atoms with Crippen molar-refractivity contribution in [2.45, 2.75) is 69.8 Å². The molecule has 8 nitrogen and oxygen atoms in total. The lowest BCUT2D eigenvalue weighted by Crippen LogP contribution is -2.66. The Labute approximate surface area is 312 Å². The first-order valence-electron chi connectivity index (χ1n) is 18.4. The average molecular weight is 717 g/mol. The van der Waals surface area contributed by atoms with E-state index in [4.69, 9.17) is 33.2 Å². The van der Waals surface area contributed by atoms with E-state index in [1.165, 1.54) is 5.56 Å². The smallest absolute Gasteiger partial charge is 0.225 e. The lowest BCUT2D eigenvalue weighted by Gasteiger charge is -2.52. The number of aliphatic hydroxyl groups is 1. The van der Waals surface area contributed by atoms with Crippen LogP contribution in [0.3, 0.4) is 0 Å². The van der Waals surface area contributed by atoms with Gasteiger partial charge in [0.15, 0.2) is 11.5 Å². The molecule has 0 aliphatic carbocycles. The summed E-state index contributed by atoms with van der Waals surface area (Å²) < 4.78 is 45.6. The van der Waals surface area contributed by atoms with Crippen molar-refractivity contribution < 1.29 is 38.3 Å². The molecule has 5 atom stereocenters. The Bertz CT molecular complexity index is 1890. The molecule has 1 saturated heterocycles. The zero-order valence-corrected chi connectivity index (χ0v) is 30.4. The molecular weight excluding hydrogens is 668 g/mol. The van der Waals surface area contributed by atoms with Crippen molar-refractivity contribution in [1.29, 1.82) is 0 Å². The second kappa shape index (κ2) is 17.5. The van der Waals surface area contributed by atoms with E-state index in [0.29, 0.717) is 32.8 Å². The first-order valence-corrected chi connectivity index (χ1v) is 18.4. The number of hydrogen-bond donors (Lipinski definition) is 1. The third-order valence-corrected chi connectivity index (χ3v) is 10.0. The Morgan fingerprint density at radius 3 is 1.79 bits per heavy atom. The van der Waals surface area contributed by atoms with Gasteiger partial charge in [0.05, 0.1) is 26.4 Å². The molecule has 0 aromatic heterocycles. The van der Waals surface area contributed by atoms with Gasteiger partial charge in [0.25, 0.3) is 0 Å². The zero-order chi connectivity index (χ0) is 36.5. The molecule has 276 valence electrons. The fourth-order valence-electron chi connectivity index (χ4n) is 7.27. The van der Waals surface area contributed by atoms with Gasteiger partial charge in [0, 0.05) is 12.7 Å². The molecule has 7 rings (SSSR count). The fraction of sp³-hybridized carbons (Fsp3) is 0.333. The van der Waals surface area contributed by atoms with Crippen molar-refractivity contribution in [2.75, 3.05) is 26.9 Å². The predicted octanol–water partition coefficient (Wildman–Crippen LogP) is 7.56. The van der Waals surface area contributed by atoms with Gasteiger partial charge in [-0.1, -0.05) is 116 Å². The van der Waals surface area contributed by atoms with E-state index in [1.807, 2.05) is 103 Å². The van der Waals surface area contributed by atoms with Crippen LogP contribution >= 0.6 is 0 Å². The number of rotatable bonds is 15. The molecule has 0 saturated carbocycles. The van der Waals surface area contributed by atoms with Crippen LogP contribution < -0.4 is 9.47 Å². The largest absolute Gasteiger partial charge is 0.486 e. The lowest BCUT2D eigenvalue weighted by molar-refractivity contribution is -0.384. The van der Waals surface area contributed by atoms with E-state index in [1.54, 1.807) is 7.11 Å². The standard InChI is InChI=1S/C45H48O8/c1-3-36-20-21-38(27-37(36)25-35-19-22-39-40(26-35)49-24-23-48-39)45(47-2)44(52-31-34-17-11-6-12-18-34)43(51-30-33-15-9-5-10-16-33)42(41(28-46)53-45)50-29-32-13-7-4-8-14-32/h4-22,26-27,41-44,46H,3,23-25,28-31H2,1-2H3/t41-,42-,43+,44-,45?/m1/s1. The highest BCUT2D eigenvalue weighted by molar-refractivity contribution is 5.46. The molecule has 2 aliphatic rings. The van der Waals surface area contributed by atoms with Gasteiger partial charge in [-0.2, -0.15) is 0 Å². The Hall–Kier alpha value is -4.54. The maximum Gasteiger partial charge on any atom is 0.225 e. The second-order valence-corrected chi connectivity index (χ2v) is 13.4. The molecule has 2 heterocycles. The second-order valence-electron chi connectivity index (χ2n) is 13.4. The Morgan fingerprint density at radius 2 is 1.21 bits per heavy atom. The third-order valence-electron chi connectivity index (χ3n) is 10.0. The van der Waals surface area contributed by atoms with Crippen LogP contribution in [0, 0.1) is 0 Å². The highest BCUT2D eigenvalue weighted by atomic mass is 16.7. The van der Waals surface area contributed by atoms with Crippen LogP contribution in [0.4, 0.5) is 0 Å². The van der Waals surface area contributed by atoms with E-state index in [2.05, 4.69) is 31.2 Å². The maximum atomic E-state index is 11.0.